The van der Waals surface area contributed by atoms with Gasteiger partial charge in [-0.1, -0.05) is 24.6 Å². The molecule has 0 radical (unpaired) electrons. The molecule has 1 aromatic carbocycles. The molecule has 0 aromatic heterocycles. The third-order valence-corrected chi connectivity index (χ3v) is 3.92. The van der Waals surface area contributed by atoms with Gasteiger partial charge < -0.3 is 9.84 Å². The van der Waals surface area contributed by atoms with Crippen LogP contribution < -0.4 is 10.1 Å². The van der Waals surface area contributed by atoms with Gasteiger partial charge in [0.25, 0.3) is 0 Å². The summed E-state index contributed by atoms with van der Waals surface area (Å²) in [6, 6.07) is 5.44. The number of methoxy groups -OCH3 is 1. The summed E-state index contributed by atoms with van der Waals surface area (Å²) in [5, 5.41) is 12.5. The Morgan fingerprint density at radius 3 is 2.74 bits per heavy atom. The molecule has 2 rings (SSSR count). The van der Waals surface area contributed by atoms with Crippen LogP contribution in [0.3, 0.4) is 0 Å². The van der Waals surface area contributed by atoms with E-state index in [0.717, 1.165) is 29.7 Å². The first-order chi connectivity index (χ1) is 8.96. The Labute approximate surface area is 113 Å². The number of carboxylic acids is 1. The molecule has 0 bridgehead atoms. The lowest BCUT2D eigenvalue weighted by Crippen LogP contribution is -2.42. The quantitative estimate of drug-likeness (QED) is 0.827. The summed E-state index contributed by atoms with van der Waals surface area (Å²) in [6.45, 7) is 4.55. The molecule has 4 nitrogen and oxygen atoms in total. The molecule has 0 heterocycles. The lowest BCUT2D eigenvalue weighted by Gasteiger charge is -2.21. The molecule has 0 aliphatic heterocycles. The molecule has 1 aliphatic carbocycles. The van der Waals surface area contributed by atoms with E-state index < -0.39 is 12.0 Å². The highest BCUT2D eigenvalue weighted by Crippen LogP contribution is 2.48. The first-order valence-corrected chi connectivity index (χ1v) is 6.56. The third kappa shape index (κ3) is 3.07. The second-order valence-corrected chi connectivity index (χ2v) is 5.62. The Hall–Kier alpha value is -1.55. The topological polar surface area (TPSA) is 58.6 Å². The molecule has 1 atom stereocenters. The largest absolute Gasteiger partial charge is 0.496 e. The maximum Gasteiger partial charge on any atom is 0.321 e. The zero-order valence-electron chi connectivity index (χ0n) is 11.7. The van der Waals surface area contributed by atoms with Gasteiger partial charge in [0.2, 0.25) is 0 Å². The number of hydrogen-bond donors (Lipinski definition) is 2. The molecule has 4 heteroatoms. The van der Waals surface area contributed by atoms with Crippen molar-refractivity contribution in [1.29, 1.82) is 0 Å². The number of ether oxygens (including phenoxy) is 1. The molecule has 0 spiro atoms. The SMILES string of the molecule is COc1ccc(C)cc1CNC(C(=O)O)C1(C)CC1. The fraction of sp³-hybridized carbons (Fsp3) is 0.533. The number of hydrogen-bond acceptors (Lipinski definition) is 3. The van der Waals surface area contributed by atoms with Crippen LogP contribution in [-0.2, 0) is 11.3 Å². The van der Waals surface area contributed by atoms with Gasteiger partial charge in [0.15, 0.2) is 0 Å². The van der Waals surface area contributed by atoms with Crippen molar-refractivity contribution in [3.63, 3.8) is 0 Å². The fourth-order valence-electron chi connectivity index (χ4n) is 2.38. The van der Waals surface area contributed by atoms with Gasteiger partial charge in [-0.05, 0) is 31.2 Å². The monoisotopic (exact) mass is 263 g/mol. The smallest absolute Gasteiger partial charge is 0.321 e. The van der Waals surface area contributed by atoms with Crippen molar-refractivity contribution in [2.75, 3.05) is 7.11 Å². The number of nitrogens with one attached hydrogen (secondary N) is 1. The Morgan fingerprint density at radius 1 is 1.53 bits per heavy atom. The van der Waals surface area contributed by atoms with Crippen molar-refractivity contribution in [2.24, 2.45) is 5.41 Å². The van der Waals surface area contributed by atoms with E-state index in [0.29, 0.717) is 6.54 Å². The molecule has 104 valence electrons. The maximum absolute atomic E-state index is 11.3. The number of aryl methyl sites for hydroxylation is 1. The number of carboxylic acid groups (broad SMARTS) is 1. The van der Waals surface area contributed by atoms with Gasteiger partial charge in [0.1, 0.15) is 11.8 Å². The highest BCUT2D eigenvalue weighted by atomic mass is 16.5. The van der Waals surface area contributed by atoms with Crippen molar-refractivity contribution < 1.29 is 14.6 Å². The summed E-state index contributed by atoms with van der Waals surface area (Å²) in [4.78, 5) is 11.3. The van der Waals surface area contributed by atoms with Crippen LogP contribution in [-0.4, -0.2) is 24.2 Å². The van der Waals surface area contributed by atoms with Crippen molar-refractivity contribution in [2.45, 2.75) is 39.3 Å². The first-order valence-electron chi connectivity index (χ1n) is 6.56. The summed E-state index contributed by atoms with van der Waals surface area (Å²) in [5.74, 6) is 0.0230. The van der Waals surface area contributed by atoms with Crippen molar-refractivity contribution >= 4 is 5.97 Å². The van der Waals surface area contributed by atoms with E-state index in [9.17, 15) is 9.90 Å². The van der Waals surface area contributed by atoms with Gasteiger partial charge >= 0.3 is 5.97 Å². The summed E-state index contributed by atoms with van der Waals surface area (Å²) >= 11 is 0. The minimum absolute atomic E-state index is 0.0944. The van der Waals surface area contributed by atoms with Gasteiger partial charge in [-0.25, -0.2) is 0 Å². The third-order valence-electron chi connectivity index (χ3n) is 3.92. The summed E-state index contributed by atoms with van der Waals surface area (Å²) in [5.41, 5.74) is 2.04. The van der Waals surface area contributed by atoms with E-state index in [2.05, 4.69) is 5.32 Å². The van der Waals surface area contributed by atoms with Crippen LogP contribution in [0.5, 0.6) is 5.75 Å². The minimum atomic E-state index is -0.772. The average Bonchev–Trinajstić information content (AvgIpc) is 3.08. The number of benzene rings is 1. The predicted octanol–water partition coefficient (Wildman–Crippen LogP) is 2.35. The van der Waals surface area contributed by atoms with Gasteiger partial charge in [-0.3, -0.25) is 10.1 Å². The molecule has 1 fully saturated rings. The Morgan fingerprint density at radius 2 is 2.21 bits per heavy atom. The van der Waals surface area contributed by atoms with Crippen LogP contribution in [0.1, 0.15) is 30.9 Å². The highest BCUT2D eigenvalue weighted by molar-refractivity contribution is 5.75. The predicted molar refractivity (Wildman–Crippen MR) is 73.3 cm³/mol. The van der Waals surface area contributed by atoms with Crippen molar-refractivity contribution in [3.05, 3.63) is 29.3 Å². The minimum Gasteiger partial charge on any atom is -0.496 e. The van der Waals surface area contributed by atoms with E-state index in [4.69, 9.17) is 4.74 Å². The molecule has 0 amide bonds. The molecule has 2 N–H and O–H groups in total. The average molecular weight is 263 g/mol. The van der Waals surface area contributed by atoms with E-state index >= 15 is 0 Å². The van der Waals surface area contributed by atoms with E-state index in [1.807, 2.05) is 32.0 Å². The van der Waals surface area contributed by atoms with Gasteiger partial charge in [-0.2, -0.15) is 0 Å². The van der Waals surface area contributed by atoms with Crippen LogP contribution in [0.4, 0.5) is 0 Å². The summed E-state index contributed by atoms with van der Waals surface area (Å²) < 4.78 is 5.31. The Balaban J connectivity index is 2.09. The van der Waals surface area contributed by atoms with Crippen LogP contribution >= 0.6 is 0 Å². The molecular weight excluding hydrogens is 242 g/mol. The van der Waals surface area contributed by atoms with Gasteiger partial charge in [0.05, 0.1) is 7.11 Å². The summed E-state index contributed by atoms with van der Waals surface area (Å²) in [6.07, 6.45) is 1.95. The lowest BCUT2D eigenvalue weighted by atomic mass is 9.98. The number of carbonyl (C=O) groups is 1. The second kappa shape index (κ2) is 5.21. The highest BCUT2D eigenvalue weighted by Gasteiger charge is 2.48. The molecule has 19 heavy (non-hydrogen) atoms. The van der Waals surface area contributed by atoms with Crippen LogP contribution in [0.2, 0.25) is 0 Å². The van der Waals surface area contributed by atoms with Crippen LogP contribution in [0, 0.1) is 12.3 Å². The molecule has 1 aliphatic rings. The second-order valence-electron chi connectivity index (χ2n) is 5.62. The standard InChI is InChI=1S/C15H21NO3/c1-10-4-5-12(19-3)11(8-10)9-16-13(14(17)18)15(2)6-7-15/h4-5,8,13,16H,6-7,9H2,1-3H3,(H,17,18). The van der Waals surface area contributed by atoms with Crippen LogP contribution in [0.25, 0.3) is 0 Å². The first kappa shape index (κ1) is 13.9. The zero-order chi connectivity index (χ0) is 14.0. The van der Waals surface area contributed by atoms with Crippen LogP contribution in [0.15, 0.2) is 18.2 Å². The van der Waals surface area contributed by atoms with Crippen molar-refractivity contribution in [3.8, 4) is 5.75 Å². The molecule has 1 saturated carbocycles. The Bertz CT molecular complexity index is 480. The van der Waals surface area contributed by atoms with Gasteiger partial charge in [0, 0.05) is 12.1 Å². The number of rotatable bonds is 6. The molecule has 0 saturated heterocycles. The molecule has 1 unspecified atom stereocenters. The van der Waals surface area contributed by atoms with E-state index in [1.165, 1.54) is 0 Å². The Kier molecular flexibility index (Phi) is 3.80. The summed E-state index contributed by atoms with van der Waals surface area (Å²) in [7, 11) is 1.63. The van der Waals surface area contributed by atoms with Crippen molar-refractivity contribution in [1.82, 2.24) is 5.32 Å². The fourth-order valence-corrected chi connectivity index (χ4v) is 2.38. The normalized spacial score (nSPS) is 17.8. The lowest BCUT2D eigenvalue weighted by molar-refractivity contribution is -0.141. The molecule has 1 aromatic rings. The van der Waals surface area contributed by atoms with E-state index in [-0.39, 0.29) is 5.41 Å². The number of aliphatic carboxylic acids is 1. The zero-order valence-corrected chi connectivity index (χ0v) is 11.7. The van der Waals surface area contributed by atoms with Gasteiger partial charge in [-0.15, -0.1) is 0 Å². The van der Waals surface area contributed by atoms with E-state index in [1.54, 1.807) is 7.11 Å². The molecular formula is C15H21NO3. The maximum atomic E-state index is 11.3.